The Kier molecular flexibility index (Phi) is 3.41. The number of ether oxygens (including phenoxy) is 3. The standard InChI is InChI=1S/C16H20N2O4/c19-15(22-12-4-6-16(7-5-12)11-20-16)18-9-13(10-18)21-14-3-1-2-8-17-14/h1-3,8,12-13H,4-7,9-11H2. The lowest BCUT2D eigenvalue weighted by Gasteiger charge is -2.39. The quantitative estimate of drug-likeness (QED) is 0.799. The average Bonchev–Trinajstić information content (AvgIpc) is 3.26. The SMILES string of the molecule is O=C(OC1CCC2(CC1)CO2)N1CC(Oc2ccccn2)C1. The maximum atomic E-state index is 12.1. The first-order valence-electron chi connectivity index (χ1n) is 7.90. The summed E-state index contributed by atoms with van der Waals surface area (Å²) in [6.45, 7) is 2.01. The lowest BCUT2D eigenvalue weighted by molar-refractivity contribution is -0.0160. The molecular weight excluding hydrogens is 284 g/mol. The molecule has 0 atom stereocenters. The molecule has 118 valence electrons. The Morgan fingerprint density at radius 1 is 1.27 bits per heavy atom. The van der Waals surface area contributed by atoms with Crippen LogP contribution in [0, 0.1) is 0 Å². The first-order valence-corrected chi connectivity index (χ1v) is 7.90. The number of hydrogen-bond donors (Lipinski definition) is 0. The lowest BCUT2D eigenvalue weighted by Crippen LogP contribution is -2.56. The summed E-state index contributed by atoms with van der Waals surface area (Å²) in [4.78, 5) is 17.9. The summed E-state index contributed by atoms with van der Waals surface area (Å²) >= 11 is 0. The normalized spacial score (nSPS) is 30.7. The highest BCUT2D eigenvalue weighted by Crippen LogP contribution is 2.42. The third-order valence-corrected chi connectivity index (χ3v) is 4.70. The molecule has 1 aromatic heterocycles. The van der Waals surface area contributed by atoms with Crippen LogP contribution in [0.3, 0.4) is 0 Å². The van der Waals surface area contributed by atoms with Crippen molar-refractivity contribution in [2.75, 3.05) is 19.7 Å². The highest BCUT2D eigenvalue weighted by Gasteiger charge is 2.48. The Hall–Kier alpha value is -1.82. The summed E-state index contributed by atoms with van der Waals surface area (Å²) in [5.74, 6) is 0.600. The van der Waals surface area contributed by atoms with Gasteiger partial charge >= 0.3 is 6.09 Å². The minimum atomic E-state index is -0.224. The van der Waals surface area contributed by atoms with Crippen LogP contribution in [-0.2, 0) is 9.47 Å². The van der Waals surface area contributed by atoms with Gasteiger partial charge in [-0.25, -0.2) is 9.78 Å². The second-order valence-electron chi connectivity index (χ2n) is 6.37. The van der Waals surface area contributed by atoms with Crippen molar-refractivity contribution in [3.8, 4) is 5.88 Å². The van der Waals surface area contributed by atoms with Gasteiger partial charge in [-0.3, -0.25) is 0 Å². The van der Waals surface area contributed by atoms with Crippen molar-refractivity contribution in [3.63, 3.8) is 0 Å². The van der Waals surface area contributed by atoms with Gasteiger partial charge in [0.15, 0.2) is 0 Å². The predicted molar refractivity (Wildman–Crippen MR) is 77.6 cm³/mol. The van der Waals surface area contributed by atoms with Gasteiger partial charge < -0.3 is 19.1 Å². The van der Waals surface area contributed by atoms with Gasteiger partial charge in [-0.05, 0) is 31.7 Å². The number of amides is 1. The molecule has 6 nitrogen and oxygen atoms in total. The van der Waals surface area contributed by atoms with E-state index in [0.717, 1.165) is 32.3 Å². The van der Waals surface area contributed by atoms with Gasteiger partial charge in [0, 0.05) is 12.3 Å². The molecule has 4 rings (SSSR count). The Labute approximate surface area is 129 Å². The highest BCUT2D eigenvalue weighted by molar-refractivity contribution is 5.69. The lowest BCUT2D eigenvalue weighted by atomic mass is 9.88. The van der Waals surface area contributed by atoms with E-state index in [1.165, 1.54) is 0 Å². The molecule has 1 spiro atoms. The van der Waals surface area contributed by atoms with Gasteiger partial charge in [-0.2, -0.15) is 0 Å². The number of rotatable bonds is 3. The Bertz CT molecular complexity index is 530. The van der Waals surface area contributed by atoms with Gasteiger partial charge in [0.25, 0.3) is 0 Å². The average molecular weight is 304 g/mol. The minimum absolute atomic E-state index is 0.0111. The summed E-state index contributed by atoms with van der Waals surface area (Å²) in [5.41, 5.74) is 0.140. The molecule has 0 aromatic carbocycles. The molecule has 1 aliphatic carbocycles. The van der Waals surface area contributed by atoms with Crippen molar-refractivity contribution in [2.45, 2.75) is 43.5 Å². The summed E-state index contributed by atoms with van der Waals surface area (Å²) in [6.07, 6.45) is 5.36. The number of hydrogen-bond acceptors (Lipinski definition) is 5. The van der Waals surface area contributed by atoms with Crippen molar-refractivity contribution in [1.29, 1.82) is 0 Å². The fourth-order valence-electron chi connectivity index (χ4n) is 3.09. The van der Waals surface area contributed by atoms with Crippen molar-refractivity contribution in [1.82, 2.24) is 9.88 Å². The van der Waals surface area contributed by atoms with Crippen LogP contribution in [0.2, 0.25) is 0 Å². The van der Waals surface area contributed by atoms with Crippen molar-refractivity contribution in [2.24, 2.45) is 0 Å². The maximum absolute atomic E-state index is 12.1. The van der Waals surface area contributed by atoms with Crippen LogP contribution in [0.25, 0.3) is 0 Å². The molecule has 22 heavy (non-hydrogen) atoms. The van der Waals surface area contributed by atoms with E-state index in [2.05, 4.69) is 4.98 Å². The Morgan fingerprint density at radius 2 is 2.05 bits per heavy atom. The number of aromatic nitrogens is 1. The zero-order valence-electron chi connectivity index (χ0n) is 12.4. The van der Waals surface area contributed by atoms with Crippen molar-refractivity contribution in [3.05, 3.63) is 24.4 Å². The van der Waals surface area contributed by atoms with Gasteiger partial charge in [0.1, 0.15) is 12.2 Å². The van der Waals surface area contributed by atoms with E-state index in [1.807, 2.05) is 18.2 Å². The number of carbonyl (C=O) groups is 1. The van der Waals surface area contributed by atoms with Gasteiger partial charge in [-0.1, -0.05) is 6.07 Å². The number of carbonyl (C=O) groups excluding carboxylic acids is 1. The molecule has 3 fully saturated rings. The molecule has 0 unspecified atom stereocenters. The van der Waals surface area contributed by atoms with Gasteiger partial charge in [0.2, 0.25) is 5.88 Å². The second-order valence-corrected chi connectivity index (χ2v) is 6.37. The molecule has 3 heterocycles. The van der Waals surface area contributed by atoms with E-state index in [4.69, 9.17) is 14.2 Å². The molecular formula is C16H20N2O4. The van der Waals surface area contributed by atoms with E-state index < -0.39 is 0 Å². The topological polar surface area (TPSA) is 64.2 Å². The number of pyridine rings is 1. The summed E-state index contributed by atoms with van der Waals surface area (Å²) in [6, 6.07) is 5.55. The van der Waals surface area contributed by atoms with Crippen LogP contribution in [0.5, 0.6) is 5.88 Å². The molecule has 0 radical (unpaired) electrons. The monoisotopic (exact) mass is 304 g/mol. The fourth-order valence-corrected chi connectivity index (χ4v) is 3.09. The van der Waals surface area contributed by atoms with Gasteiger partial charge in [0.05, 0.1) is 25.3 Å². The maximum Gasteiger partial charge on any atom is 0.410 e. The molecule has 3 aliphatic rings. The van der Waals surface area contributed by atoms with Crippen LogP contribution >= 0.6 is 0 Å². The van der Waals surface area contributed by atoms with E-state index in [1.54, 1.807) is 11.1 Å². The smallest absolute Gasteiger partial charge is 0.410 e. The largest absolute Gasteiger partial charge is 0.471 e. The van der Waals surface area contributed by atoms with Gasteiger partial charge in [-0.15, -0.1) is 0 Å². The van der Waals surface area contributed by atoms with E-state index in [0.29, 0.717) is 19.0 Å². The zero-order chi connectivity index (χ0) is 15.0. The Balaban J connectivity index is 1.19. The van der Waals surface area contributed by atoms with Crippen LogP contribution in [0.1, 0.15) is 25.7 Å². The number of likely N-dealkylation sites (tertiary alicyclic amines) is 1. The van der Waals surface area contributed by atoms with Crippen molar-refractivity contribution >= 4 is 6.09 Å². The fraction of sp³-hybridized carbons (Fsp3) is 0.625. The molecule has 1 saturated carbocycles. The first-order chi connectivity index (χ1) is 10.7. The molecule has 1 aromatic rings. The third-order valence-electron chi connectivity index (χ3n) is 4.70. The highest BCUT2D eigenvalue weighted by atomic mass is 16.6. The van der Waals surface area contributed by atoms with Crippen LogP contribution in [0.15, 0.2) is 24.4 Å². The minimum Gasteiger partial charge on any atom is -0.471 e. The van der Waals surface area contributed by atoms with E-state index in [9.17, 15) is 4.79 Å². The molecule has 0 bridgehead atoms. The molecule has 0 N–H and O–H groups in total. The second kappa shape index (κ2) is 5.43. The molecule has 2 aliphatic heterocycles. The zero-order valence-corrected chi connectivity index (χ0v) is 12.4. The van der Waals surface area contributed by atoms with Crippen LogP contribution in [0.4, 0.5) is 4.79 Å². The predicted octanol–water partition coefficient (Wildman–Crippen LogP) is 1.99. The molecule has 1 amide bonds. The molecule has 6 heteroatoms. The third kappa shape index (κ3) is 2.88. The summed E-state index contributed by atoms with van der Waals surface area (Å²) in [5, 5.41) is 0. The number of epoxide rings is 1. The summed E-state index contributed by atoms with van der Waals surface area (Å²) < 4.78 is 16.7. The van der Waals surface area contributed by atoms with Crippen LogP contribution < -0.4 is 4.74 Å². The molecule has 2 saturated heterocycles. The van der Waals surface area contributed by atoms with E-state index in [-0.39, 0.29) is 23.9 Å². The van der Waals surface area contributed by atoms with Crippen LogP contribution in [-0.4, -0.2) is 53.5 Å². The Morgan fingerprint density at radius 3 is 2.68 bits per heavy atom. The van der Waals surface area contributed by atoms with Crippen molar-refractivity contribution < 1.29 is 19.0 Å². The first kappa shape index (κ1) is 13.8. The number of nitrogens with zero attached hydrogens (tertiary/aromatic N) is 2. The summed E-state index contributed by atoms with van der Waals surface area (Å²) in [7, 11) is 0. The van der Waals surface area contributed by atoms with E-state index >= 15 is 0 Å².